The summed E-state index contributed by atoms with van der Waals surface area (Å²) < 4.78 is 27.5. The van der Waals surface area contributed by atoms with Gasteiger partial charge < -0.3 is 9.26 Å². The monoisotopic (exact) mass is 480 g/mol. The third-order valence-corrected chi connectivity index (χ3v) is 8.42. The molecule has 1 heterocycles. The van der Waals surface area contributed by atoms with Crippen LogP contribution in [0.1, 0.15) is 20.8 Å². The number of nitrogens with zero attached hydrogens (tertiary/aromatic N) is 1. The molecule has 0 aliphatic carbocycles. The first-order valence-corrected chi connectivity index (χ1v) is 11.8. The van der Waals surface area contributed by atoms with Gasteiger partial charge in [-0.3, -0.25) is 9.46 Å². The molecule has 0 aromatic heterocycles. The lowest BCUT2D eigenvalue weighted by Crippen LogP contribution is -2.44. The number of nitrogens with one attached hydrogen (secondary N) is 1. The van der Waals surface area contributed by atoms with Gasteiger partial charge in [0.25, 0.3) is 0 Å². The molecule has 0 saturated carbocycles. The first-order valence-electron chi connectivity index (χ1n) is 8.05. The van der Waals surface area contributed by atoms with Crippen LogP contribution in [0.2, 0.25) is 0 Å². The molecule has 0 unspecified atom stereocenters. The molecule has 2 rings (SSSR count). The molecule has 1 aliphatic rings. The van der Waals surface area contributed by atoms with Crippen LogP contribution >= 0.6 is 47.6 Å². The van der Waals surface area contributed by atoms with Crippen molar-refractivity contribution in [1.82, 2.24) is 9.76 Å². The molecule has 1 aliphatic heterocycles. The number of hydrogen-bond donors (Lipinski definition) is 1. The maximum Gasteiger partial charge on any atom is 0.421 e. The van der Waals surface area contributed by atoms with Gasteiger partial charge in [0.05, 0.1) is 13.2 Å². The fourth-order valence-electron chi connectivity index (χ4n) is 2.45. The third-order valence-electron chi connectivity index (χ3n) is 3.89. The Morgan fingerprint density at radius 1 is 1.38 bits per heavy atom. The van der Waals surface area contributed by atoms with Crippen LogP contribution in [-0.4, -0.2) is 39.9 Å². The SMILES string of the molecule is COC(=O)[C@H](C)N[P@@](=O)(Oc1ccc(Br)cc1)N1C(=S)SC[C@@H]1C(C)C. The Kier molecular flexibility index (Phi) is 7.56. The first-order chi connectivity index (χ1) is 12.2. The molecule has 1 aromatic carbocycles. The molecule has 0 amide bonds. The topological polar surface area (TPSA) is 67.9 Å². The van der Waals surface area contributed by atoms with Crippen molar-refractivity contribution >= 4 is 57.9 Å². The zero-order chi connectivity index (χ0) is 19.5. The van der Waals surface area contributed by atoms with E-state index >= 15 is 0 Å². The summed E-state index contributed by atoms with van der Waals surface area (Å²) in [6, 6.07) is 6.12. The first kappa shape index (κ1) is 21.7. The average molecular weight is 481 g/mol. The van der Waals surface area contributed by atoms with E-state index in [9.17, 15) is 9.36 Å². The maximum absolute atomic E-state index is 13.9. The number of methoxy groups -OCH3 is 1. The standard InChI is InChI=1S/C16H22BrN2O4PS2/c1-10(2)14-9-26-16(25)19(14)24(21,18-11(3)15(20)22-4)23-13-7-5-12(17)6-8-13/h5-8,10-11,14H,9H2,1-4H3,(H,18,21)/t11-,14+,24+/m0/s1. The average Bonchev–Trinajstić information content (AvgIpc) is 2.98. The van der Waals surface area contributed by atoms with E-state index in [1.165, 1.54) is 18.9 Å². The highest BCUT2D eigenvalue weighted by Crippen LogP contribution is 2.54. The number of carbonyl (C=O) groups excluding carboxylic acids is 1. The minimum atomic E-state index is -3.69. The van der Waals surface area contributed by atoms with Gasteiger partial charge in [0.1, 0.15) is 16.1 Å². The highest BCUT2D eigenvalue weighted by atomic mass is 79.9. The molecule has 10 heteroatoms. The molecule has 0 spiro atoms. The molecule has 0 bridgehead atoms. The van der Waals surface area contributed by atoms with Crippen LogP contribution in [0.4, 0.5) is 0 Å². The second-order valence-corrected chi connectivity index (χ2v) is 10.7. The second kappa shape index (κ2) is 9.06. The fraction of sp³-hybridized carbons (Fsp3) is 0.500. The molecule has 0 radical (unpaired) electrons. The zero-order valence-electron chi connectivity index (χ0n) is 15.0. The highest BCUT2D eigenvalue weighted by molar-refractivity contribution is 9.10. The van der Waals surface area contributed by atoms with E-state index in [2.05, 4.69) is 21.0 Å². The number of thiocarbonyl (C=S) groups is 1. The summed E-state index contributed by atoms with van der Waals surface area (Å²) in [5.41, 5.74) is 0. The molecular weight excluding hydrogens is 459 g/mol. The van der Waals surface area contributed by atoms with Crippen LogP contribution in [0, 0.1) is 5.92 Å². The Balaban J connectivity index is 2.39. The Hall–Kier alpha value is -0.600. The van der Waals surface area contributed by atoms with Gasteiger partial charge in [-0.05, 0) is 37.1 Å². The van der Waals surface area contributed by atoms with Gasteiger partial charge in [0.2, 0.25) is 0 Å². The van der Waals surface area contributed by atoms with E-state index in [1.54, 1.807) is 35.9 Å². The largest absolute Gasteiger partial charge is 0.468 e. The van der Waals surface area contributed by atoms with Crippen LogP contribution in [0.15, 0.2) is 28.7 Å². The van der Waals surface area contributed by atoms with Crippen LogP contribution in [0.5, 0.6) is 5.75 Å². The molecule has 6 nitrogen and oxygen atoms in total. The number of rotatable bonds is 7. The van der Waals surface area contributed by atoms with E-state index in [0.29, 0.717) is 10.1 Å². The lowest BCUT2D eigenvalue weighted by atomic mass is 10.1. The Morgan fingerprint density at radius 3 is 2.54 bits per heavy atom. The molecule has 144 valence electrons. The Morgan fingerprint density at radius 2 is 2.00 bits per heavy atom. The van der Waals surface area contributed by atoms with E-state index in [1.807, 2.05) is 13.8 Å². The Bertz CT molecular complexity index is 717. The van der Waals surface area contributed by atoms with Gasteiger partial charge in [-0.15, -0.1) is 0 Å². The number of esters is 1. The van der Waals surface area contributed by atoms with E-state index < -0.39 is 19.7 Å². The van der Waals surface area contributed by atoms with Crippen LogP contribution in [-0.2, 0) is 14.1 Å². The van der Waals surface area contributed by atoms with Crippen molar-refractivity contribution in [3.8, 4) is 5.75 Å². The number of halogens is 1. The molecule has 1 saturated heterocycles. The van der Waals surface area contributed by atoms with Crippen molar-refractivity contribution in [2.75, 3.05) is 12.9 Å². The molecule has 26 heavy (non-hydrogen) atoms. The van der Waals surface area contributed by atoms with Crippen molar-refractivity contribution in [1.29, 1.82) is 0 Å². The summed E-state index contributed by atoms with van der Waals surface area (Å²) in [6.07, 6.45) is 0. The number of carbonyl (C=O) groups is 1. The lowest BCUT2D eigenvalue weighted by Gasteiger charge is -2.35. The Labute approximate surface area is 172 Å². The van der Waals surface area contributed by atoms with Crippen LogP contribution < -0.4 is 9.61 Å². The van der Waals surface area contributed by atoms with Crippen LogP contribution in [0.3, 0.4) is 0 Å². The van der Waals surface area contributed by atoms with Gasteiger partial charge in [-0.25, -0.2) is 9.65 Å². The molecule has 1 N–H and O–H groups in total. The van der Waals surface area contributed by atoms with E-state index in [0.717, 1.165) is 10.2 Å². The van der Waals surface area contributed by atoms with Crippen molar-refractivity contribution in [2.45, 2.75) is 32.9 Å². The summed E-state index contributed by atoms with van der Waals surface area (Å²) in [6.45, 7) is 5.67. The van der Waals surface area contributed by atoms with Gasteiger partial charge >= 0.3 is 13.6 Å². The summed E-state index contributed by atoms with van der Waals surface area (Å²) >= 11 is 10.3. The summed E-state index contributed by atoms with van der Waals surface area (Å²) in [4.78, 5) is 11.9. The normalized spacial score (nSPS) is 20.8. The fourth-order valence-corrected chi connectivity index (χ4v) is 7.32. The molecule has 1 aromatic rings. The third kappa shape index (κ3) is 5.01. The van der Waals surface area contributed by atoms with Gasteiger partial charge in [-0.2, -0.15) is 0 Å². The van der Waals surface area contributed by atoms with Crippen molar-refractivity contribution in [3.63, 3.8) is 0 Å². The van der Waals surface area contributed by atoms with Crippen molar-refractivity contribution in [2.24, 2.45) is 5.92 Å². The minimum Gasteiger partial charge on any atom is -0.468 e. The molecular formula is C16H22BrN2O4PS2. The van der Waals surface area contributed by atoms with Gasteiger partial charge in [-0.1, -0.05) is 53.8 Å². The van der Waals surface area contributed by atoms with Gasteiger partial charge in [0, 0.05) is 10.2 Å². The van der Waals surface area contributed by atoms with E-state index in [4.69, 9.17) is 21.5 Å². The summed E-state index contributed by atoms with van der Waals surface area (Å²) in [7, 11) is -2.40. The summed E-state index contributed by atoms with van der Waals surface area (Å²) in [5, 5.41) is 2.84. The zero-order valence-corrected chi connectivity index (χ0v) is 19.1. The summed E-state index contributed by atoms with van der Waals surface area (Å²) in [5.74, 6) is 0.824. The number of benzene rings is 1. The maximum atomic E-state index is 13.9. The molecule has 1 fully saturated rings. The van der Waals surface area contributed by atoms with Crippen molar-refractivity contribution < 1.29 is 18.6 Å². The highest BCUT2D eigenvalue weighted by Gasteiger charge is 2.47. The second-order valence-electron chi connectivity index (χ2n) is 6.17. The molecule has 3 atom stereocenters. The van der Waals surface area contributed by atoms with Gasteiger partial charge in [0.15, 0.2) is 0 Å². The number of ether oxygens (including phenoxy) is 1. The smallest absolute Gasteiger partial charge is 0.421 e. The minimum absolute atomic E-state index is 0.0638. The van der Waals surface area contributed by atoms with E-state index in [-0.39, 0.29) is 12.0 Å². The number of thioether (sulfide) groups is 1. The van der Waals surface area contributed by atoms with Crippen LogP contribution in [0.25, 0.3) is 0 Å². The number of hydrogen-bond acceptors (Lipinski definition) is 6. The predicted molar refractivity (Wildman–Crippen MR) is 113 cm³/mol. The van der Waals surface area contributed by atoms with Crippen molar-refractivity contribution in [3.05, 3.63) is 28.7 Å². The lowest BCUT2D eigenvalue weighted by molar-refractivity contribution is -0.142. The predicted octanol–water partition coefficient (Wildman–Crippen LogP) is 4.45. The quantitative estimate of drug-likeness (QED) is 0.348.